The first kappa shape index (κ1) is 32.4. The normalized spacial score (nSPS) is 13.5. The van der Waals surface area contributed by atoms with Crippen LogP contribution in [0.1, 0.15) is 59.5 Å². The fourth-order valence-corrected chi connectivity index (χ4v) is 4.86. The fraction of sp³-hybridized carbons (Fsp3) is 0.516. The number of fused-ring (bicyclic) bond motifs is 3. The molecule has 0 saturated heterocycles. The van der Waals surface area contributed by atoms with Crippen LogP contribution in [-0.4, -0.2) is 89.7 Å². The van der Waals surface area contributed by atoms with Gasteiger partial charge in [-0.1, -0.05) is 24.3 Å². The number of ether oxygens (including phenoxy) is 4. The topological polar surface area (TPSA) is 132 Å². The number of methoxy groups -OCH3 is 2. The molecule has 1 unspecified atom stereocenters. The molecule has 3 N–H and O–H groups in total. The van der Waals surface area contributed by atoms with Crippen LogP contribution in [0.2, 0.25) is 0 Å². The standard InChI is InChI=1S/C31H42N2O8/c1-38-16-18-40-14-5-8-28(35)25-7-3-6-23-27(21-34)26-20-22(11-12-24(26)31(23)25)33-30(37)10-4-9-29(36)32-13-15-41-19-17-39-2/h3,6-7,11-12,20,27,34H,4-5,8-10,13-19,21H2,1-2H3,(H,32,36)(H,33,37). The molecule has 2 aromatic rings. The number of nitrogens with one attached hydrogen (secondary N) is 2. The lowest BCUT2D eigenvalue weighted by molar-refractivity contribution is -0.121. The molecule has 224 valence electrons. The second kappa shape index (κ2) is 17.6. The van der Waals surface area contributed by atoms with Gasteiger partial charge in [-0.25, -0.2) is 0 Å². The van der Waals surface area contributed by atoms with E-state index in [9.17, 15) is 19.5 Å². The van der Waals surface area contributed by atoms with Crippen LogP contribution in [0.5, 0.6) is 0 Å². The van der Waals surface area contributed by atoms with E-state index in [0.29, 0.717) is 76.7 Å². The summed E-state index contributed by atoms with van der Waals surface area (Å²) >= 11 is 0. The molecule has 0 spiro atoms. The summed E-state index contributed by atoms with van der Waals surface area (Å²) < 4.78 is 20.6. The average molecular weight is 571 g/mol. The third kappa shape index (κ3) is 9.72. The monoisotopic (exact) mass is 570 g/mol. The van der Waals surface area contributed by atoms with Gasteiger partial charge in [0.25, 0.3) is 0 Å². The molecule has 10 nitrogen and oxygen atoms in total. The van der Waals surface area contributed by atoms with Gasteiger partial charge in [0, 0.05) is 63.8 Å². The van der Waals surface area contributed by atoms with Crippen LogP contribution in [0, 0.1) is 0 Å². The van der Waals surface area contributed by atoms with Crippen LogP contribution in [0.3, 0.4) is 0 Å². The molecule has 2 aromatic carbocycles. The second-order valence-corrected chi connectivity index (χ2v) is 9.80. The number of hydrogen-bond donors (Lipinski definition) is 3. The predicted octanol–water partition coefficient (Wildman–Crippen LogP) is 3.31. The van der Waals surface area contributed by atoms with E-state index in [-0.39, 0.29) is 43.0 Å². The Kier molecular flexibility index (Phi) is 13.9. The highest BCUT2D eigenvalue weighted by molar-refractivity contribution is 6.05. The molecule has 0 saturated carbocycles. The van der Waals surface area contributed by atoms with Gasteiger partial charge >= 0.3 is 0 Å². The van der Waals surface area contributed by atoms with E-state index in [0.717, 1.165) is 22.3 Å². The summed E-state index contributed by atoms with van der Waals surface area (Å²) in [7, 11) is 3.22. The minimum Gasteiger partial charge on any atom is -0.395 e. The average Bonchev–Trinajstić information content (AvgIpc) is 3.29. The number of carbonyl (C=O) groups excluding carboxylic acids is 3. The number of Topliss-reactive ketones (excluding diaryl/α,β-unsaturated/α-hetero) is 1. The Balaban J connectivity index is 1.54. The lowest BCUT2D eigenvalue weighted by Crippen LogP contribution is -2.27. The first-order valence-electron chi connectivity index (χ1n) is 14.1. The Hall–Kier alpha value is -3.15. The minimum atomic E-state index is -0.288. The van der Waals surface area contributed by atoms with Gasteiger partial charge < -0.3 is 34.7 Å². The van der Waals surface area contributed by atoms with E-state index in [1.165, 1.54) is 0 Å². The van der Waals surface area contributed by atoms with Gasteiger partial charge in [0.15, 0.2) is 5.78 Å². The summed E-state index contributed by atoms with van der Waals surface area (Å²) in [5.74, 6) is -0.579. The Labute approximate surface area is 241 Å². The molecule has 0 aromatic heterocycles. The van der Waals surface area contributed by atoms with Crippen molar-refractivity contribution in [3.05, 3.63) is 53.1 Å². The summed E-state index contributed by atoms with van der Waals surface area (Å²) in [6.07, 6.45) is 1.83. The van der Waals surface area contributed by atoms with Crippen molar-refractivity contribution < 1.29 is 38.4 Å². The number of aliphatic hydroxyl groups is 1. The molecule has 2 amide bonds. The molecule has 0 bridgehead atoms. The Bertz CT molecular complexity index is 1150. The Morgan fingerprint density at radius 1 is 0.805 bits per heavy atom. The summed E-state index contributed by atoms with van der Waals surface area (Å²) in [4.78, 5) is 37.7. The second-order valence-electron chi connectivity index (χ2n) is 9.80. The fourth-order valence-electron chi connectivity index (χ4n) is 4.86. The molecular weight excluding hydrogens is 528 g/mol. The van der Waals surface area contributed by atoms with Gasteiger partial charge in [0.05, 0.1) is 39.6 Å². The molecule has 0 radical (unpaired) electrons. The quantitative estimate of drug-likeness (QED) is 0.163. The molecule has 1 aliphatic carbocycles. The smallest absolute Gasteiger partial charge is 0.224 e. The van der Waals surface area contributed by atoms with Crippen molar-refractivity contribution in [2.24, 2.45) is 0 Å². The third-order valence-electron chi connectivity index (χ3n) is 6.87. The number of ketones is 1. The zero-order valence-corrected chi connectivity index (χ0v) is 24.0. The van der Waals surface area contributed by atoms with Gasteiger partial charge in [-0.15, -0.1) is 0 Å². The lowest BCUT2D eigenvalue weighted by Gasteiger charge is -2.12. The third-order valence-corrected chi connectivity index (χ3v) is 6.87. The van der Waals surface area contributed by atoms with Crippen LogP contribution >= 0.6 is 0 Å². The molecule has 0 aliphatic heterocycles. The number of carbonyl (C=O) groups is 3. The van der Waals surface area contributed by atoms with Gasteiger partial charge in [-0.3, -0.25) is 14.4 Å². The highest BCUT2D eigenvalue weighted by Crippen LogP contribution is 2.47. The van der Waals surface area contributed by atoms with Gasteiger partial charge in [-0.2, -0.15) is 0 Å². The maximum absolute atomic E-state index is 13.1. The summed E-state index contributed by atoms with van der Waals surface area (Å²) in [6.45, 7) is 3.19. The first-order chi connectivity index (χ1) is 20.0. The Morgan fingerprint density at radius 2 is 1.54 bits per heavy atom. The zero-order valence-electron chi connectivity index (χ0n) is 24.0. The number of rotatable bonds is 20. The van der Waals surface area contributed by atoms with Crippen molar-refractivity contribution in [1.82, 2.24) is 5.32 Å². The number of anilines is 1. The maximum Gasteiger partial charge on any atom is 0.224 e. The molecule has 0 fully saturated rings. The zero-order chi connectivity index (χ0) is 29.5. The van der Waals surface area contributed by atoms with Gasteiger partial charge in [0.1, 0.15) is 0 Å². The summed E-state index contributed by atoms with van der Waals surface area (Å²) in [5.41, 5.74) is 4.76. The van der Waals surface area contributed by atoms with Crippen molar-refractivity contribution in [3.63, 3.8) is 0 Å². The van der Waals surface area contributed by atoms with E-state index in [1.54, 1.807) is 20.3 Å². The van der Waals surface area contributed by atoms with Crippen molar-refractivity contribution in [2.75, 3.05) is 72.3 Å². The maximum atomic E-state index is 13.1. The van der Waals surface area contributed by atoms with Crippen LogP contribution < -0.4 is 10.6 Å². The molecule has 1 aliphatic rings. The minimum absolute atomic E-state index is 0.0294. The van der Waals surface area contributed by atoms with Crippen LogP contribution in [-0.2, 0) is 28.5 Å². The SMILES string of the molecule is COCCOCCCC(=O)c1cccc2c1-c1ccc(NC(=O)CCCC(=O)NCCOCCOC)cc1C2CO. The summed E-state index contributed by atoms with van der Waals surface area (Å²) in [5, 5.41) is 15.9. The largest absolute Gasteiger partial charge is 0.395 e. The van der Waals surface area contributed by atoms with E-state index >= 15 is 0 Å². The first-order valence-corrected chi connectivity index (χ1v) is 14.1. The lowest BCUT2D eigenvalue weighted by atomic mass is 9.93. The van der Waals surface area contributed by atoms with Crippen molar-refractivity contribution in [2.45, 2.75) is 38.0 Å². The van der Waals surface area contributed by atoms with Crippen molar-refractivity contribution in [3.8, 4) is 11.1 Å². The van der Waals surface area contributed by atoms with E-state index in [2.05, 4.69) is 10.6 Å². The van der Waals surface area contributed by atoms with Crippen LogP contribution in [0.25, 0.3) is 11.1 Å². The van der Waals surface area contributed by atoms with Crippen molar-refractivity contribution >= 4 is 23.3 Å². The van der Waals surface area contributed by atoms with E-state index < -0.39 is 0 Å². The van der Waals surface area contributed by atoms with Crippen molar-refractivity contribution in [1.29, 1.82) is 0 Å². The summed E-state index contributed by atoms with van der Waals surface area (Å²) in [6, 6.07) is 11.2. The van der Waals surface area contributed by atoms with E-state index in [1.807, 2.05) is 30.3 Å². The number of amides is 2. The molecule has 0 heterocycles. The predicted molar refractivity (Wildman–Crippen MR) is 155 cm³/mol. The van der Waals surface area contributed by atoms with Gasteiger partial charge in [0.2, 0.25) is 11.8 Å². The van der Waals surface area contributed by atoms with Crippen LogP contribution in [0.4, 0.5) is 5.69 Å². The van der Waals surface area contributed by atoms with E-state index in [4.69, 9.17) is 18.9 Å². The number of aliphatic hydroxyl groups excluding tert-OH is 1. The molecule has 3 rings (SSSR count). The van der Waals surface area contributed by atoms with Gasteiger partial charge in [-0.05, 0) is 47.2 Å². The Morgan fingerprint density at radius 3 is 2.27 bits per heavy atom. The number of hydrogen-bond acceptors (Lipinski definition) is 8. The molecule has 10 heteroatoms. The number of benzene rings is 2. The molecule has 41 heavy (non-hydrogen) atoms. The highest BCUT2D eigenvalue weighted by Gasteiger charge is 2.31. The molecular formula is C31H42N2O8. The molecule has 1 atom stereocenters. The van der Waals surface area contributed by atoms with Crippen LogP contribution in [0.15, 0.2) is 36.4 Å². The highest BCUT2D eigenvalue weighted by atomic mass is 16.5.